The quantitative estimate of drug-likeness (QED) is 0.563. The summed E-state index contributed by atoms with van der Waals surface area (Å²) in [6.07, 6.45) is 2.85. The highest BCUT2D eigenvalue weighted by Crippen LogP contribution is 2.07. The lowest BCUT2D eigenvalue weighted by Gasteiger charge is -2.14. The van der Waals surface area contributed by atoms with Gasteiger partial charge in [0.15, 0.2) is 0 Å². The molecule has 1 aromatic carbocycles. The van der Waals surface area contributed by atoms with Crippen LogP contribution in [0.2, 0.25) is 0 Å². The highest BCUT2D eigenvalue weighted by Gasteiger charge is 2.17. The van der Waals surface area contributed by atoms with Crippen LogP contribution in [0.3, 0.4) is 0 Å². The van der Waals surface area contributed by atoms with E-state index < -0.39 is 6.04 Å². The maximum Gasteiger partial charge on any atom is 0.328 e. The zero-order valence-corrected chi connectivity index (χ0v) is 10.6. The van der Waals surface area contributed by atoms with Gasteiger partial charge in [0.2, 0.25) is 6.41 Å². The SMILES string of the molecule is CCOC(=O)C(CCCc1ccccc1)NC=O. The normalized spacial score (nSPS) is 11.6. The number of aryl methyl sites for hydroxylation is 1. The third kappa shape index (κ3) is 4.99. The van der Waals surface area contributed by atoms with Gasteiger partial charge in [0.05, 0.1) is 6.61 Å². The Balaban J connectivity index is 2.37. The summed E-state index contributed by atoms with van der Waals surface area (Å²) in [7, 11) is 0. The smallest absolute Gasteiger partial charge is 0.328 e. The van der Waals surface area contributed by atoms with Crippen molar-refractivity contribution < 1.29 is 14.3 Å². The largest absolute Gasteiger partial charge is 0.464 e. The second-order valence-corrected chi connectivity index (χ2v) is 3.97. The van der Waals surface area contributed by atoms with E-state index in [1.54, 1.807) is 6.92 Å². The van der Waals surface area contributed by atoms with E-state index in [4.69, 9.17) is 4.74 Å². The van der Waals surface area contributed by atoms with E-state index in [2.05, 4.69) is 5.32 Å². The first-order chi connectivity index (χ1) is 8.77. The monoisotopic (exact) mass is 249 g/mol. The highest BCUT2D eigenvalue weighted by molar-refractivity contribution is 5.78. The van der Waals surface area contributed by atoms with Crippen molar-refractivity contribution in [3.63, 3.8) is 0 Å². The minimum atomic E-state index is -0.536. The summed E-state index contributed by atoms with van der Waals surface area (Å²) in [6, 6.07) is 9.51. The van der Waals surface area contributed by atoms with Crippen LogP contribution in [0.1, 0.15) is 25.3 Å². The predicted molar refractivity (Wildman–Crippen MR) is 69.0 cm³/mol. The van der Waals surface area contributed by atoms with Crippen molar-refractivity contribution in [2.75, 3.05) is 6.61 Å². The van der Waals surface area contributed by atoms with Gasteiger partial charge >= 0.3 is 5.97 Å². The Bertz CT molecular complexity index is 365. The van der Waals surface area contributed by atoms with Crippen LogP contribution in [0.25, 0.3) is 0 Å². The minimum Gasteiger partial charge on any atom is -0.464 e. The van der Waals surface area contributed by atoms with Crippen LogP contribution in [-0.4, -0.2) is 25.0 Å². The van der Waals surface area contributed by atoms with Gasteiger partial charge in [-0.15, -0.1) is 0 Å². The molecule has 0 bridgehead atoms. The number of esters is 1. The minimum absolute atomic E-state index is 0.328. The first kappa shape index (κ1) is 14.2. The predicted octanol–water partition coefficient (Wildman–Crippen LogP) is 1.69. The molecule has 1 unspecified atom stereocenters. The van der Waals surface area contributed by atoms with Crippen LogP contribution < -0.4 is 5.32 Å². The molecule has 0 aliphatic carbocycles. The highest BCUT2D eigenvalue weighted by atomic mass is 16.5. The molecule has 18 heavy (non-hydrogen) atoms. The maximum atomic E-state index is 11.5. The van der Waals surface area contributed by atoms with E-state index in [0.29, 0.717) is 19.4 Å². The molecular weight excluding hydrogens is 230 g/mol. The van der Waals surface area contributed by atoms with Crippen LogP contribution in [0.5, 0.6) is 0 Å². The lowest BCUT2D eigenvalue weighted by molar-refractivity contribution is -0.146. The molecule has 0 saturated heterocycles. The van der Waals surface area contributed by atoms with Crippen molar-refractivity contribution in [3.8, 4) is 0 Å². The van der Waals surface area contributed by atoms with E-state index in [-0.39, 0.29) is 5.97 Å². The number of hydrogen-bond acceptors (Lipinski definition) is 3. The summed E-state index contributed by atoms with van der Waals surface area (Å²) >= 11 is 0. The Hall–Kier alpha value is -1.84. The maximum absolute atomic E-state index is 11.5. The lowest BCUT2D eigenvalue weighted by Crippen LogP contribution is -2.37. The second-order valence-electron chi connectivity index (χ2n) is 3.97. The molecule has 0 radical (unpaired) electrons. The molecule has 0 heterocycles. The summed E-state index contributed by atoms with van der Waals surface area (Å²) < 4.78 is 4.90. The Kier molecular flexibility index (Phi) is 6.54. The van der Waals surface area contributed by atoms with Crippen LogP contribution in [-0.2, 0) is 20.7 Å². The fourth-order valence-corrected chi connectivity index (χ4v) is 1.75. The molecule has 4 heteroatoms. The second kappa shape index (κ2) is 8.28. The Labute approximate surface area is 107 Å². The number of amides is 1. The topological polar surface area (TPSA) is 55.4 Å². The molecule has 0 aromatic heterocycles. The van der Waals surface area contributed by atoms with Gasteiger partial charge in [-0.1, -0.05) is 30.3 Å². The van der Waals surface area contributed by atoms with E-state index in [1.807, 2.05) is 30.3 Å². The van der Waals surface area contributed by atoms with Crippen molar-refractivity contribution in [2.24, 2.45) is 0 Å². The molecule has 0 aliphatic heterocycles. The molecule has 1 rings (SSSR count). The number of benzene rings is 1. The molecular formula is C14H19NO3. The van der Waals surface area contributed by atoms with E-state index in [1.165, 1.54) is 5.56 Å². The van der Waals surface area contributed by atoms with E-state index in [0.717, 1.165) is 12.8 Å². The molecule has 1 atom stereocenters. The fraction of sp³-hybridized carbons (Fsp3) is 0.429. The van der Waals surface area contributed by atoms with E-state index in [9.17, 15) is 9.59 Å². The fourth-order valence-electron chi connectivity index (χ4n) is 1.75. The molecule has 1 aromatic rings. The van der Waals surface area contributed by atoms with Gasteiger partial charge in [-0.05, 0) is 31.7 Å². The average molecular weight is 249 g/mol. The summed E-state index contributed by atoms with van der Waals surface area (Å²) in [6.45, 7) is 2.08. The molecule has 0 saturated carbocycles. The summed E-state index contributed by atoms with van der Waals surface area (Å²) in [4.78, 5) is 22.0. The Morgan fingerprint density at radius 3 is 2.72 bits per heavy atom. The lowest BCUT2D eigenvalue weighted by atomic mass is 10.0. The molecule has 0 aliphatic rings. The van der Waals surface area contributed by atoms with Crippen molar-refractivity contribution in [1.29, 1.82) is 0 Å². The van der Waals surface area contributed by atoms with Gasteiger partial charge in [-0.25, -0.2) is 4.79 Å². The average Bonchev–Trinajstić information content (AvgIpc) is 2.39. The van der Waals surface area contributed by atoms with Gasteiger partial charge in [0, 0.05) is 0 Å². The number of hydrogen-bond donors (Lipinski definition) is 1. The first-order valence-corrected chi connectivity index (χ1v) is 6.18. The first-order valence-electron chi connectivity index (χ1n) is 6.18. The summed E-state index contributed by atoms with van der Waals surface area (Å²) in [5, 5.41) is 2.50. The Morgan fingerprint density at radius 1 is 1.39 bits per heavy atom. The van der Waals surface area contributed by atoms with Crippen molar-refractivity contribution >= 4 is 12.4 Å². The Morgan fingerprint density at radius 2 is 2.11 bits per heavy atom. The van der Waals surface area contributed by atoms with Gasteiger partial charge in [0.25, 0.3) is 0 Å². The zero-order chi connectivity index (χ0) is 13.2. The van der Waals surface area contributed by atoms with Gasteiger partial charge < -0.3 is 10.1 Å². The number of ether oxygens (including phenoxy) is 1. The van der Waals surface area contributed by atoms with Gasteiger partial charge in [-0.3, -0.25) is 4.79 Å². The van der Waals surface area contributed by atoms with Crippen molar-refractivity contribution in [1.82, 2.24) is 5.32 Å². The summed E-state index contributed by atoms with van der Waals surface area (Å²) in [5.74, 6) is -0.363. The third-order valence-corrected chi connectivity index (χ3v) is 2.64. The molecule has 98 valence electrons. The van der Waals surface area contributed by atoms with E-state index >= 15 is 0 Å². The molecule has 1 amide bonds. The number of carbonyl (C=O) groups excluding carboxylic acids is 2. The van der Waals surface area contributed by atoms with Crippen LogP contribution in [0, 0.1) is 0 Å². The molecule has 0 spiro atoms. The van der Waals surface area contributed by atoms with Crippen molar-refractivity contribution in [2.45, 2.75) is 32.2 Å². The standard InChI is InChI=1S/C14H19NO3/c1-2-18-14(17)13(15-11-16)10-6-9-12-7-4-3-5-8-12/h3-5,7-8,11,13H,2,6,9-10H2,1H3,(H,15,16). The molecule has 0 fully saturated rings. The third-order valence-electron chi connectivity index (χ3n) is 2.64. The molecule has 1 N–H and O–H groups in total. The molecule has 4 nitrogen and oxygen atoms in total. The van der Waals surface area contributed by atoms with Crippen LogP contribution in [0.4, 0.5) is 0 Å². The van der Waals surface area contributed by atoms with Gasteiger partial charge in [0.1, 0.15) is 6.04 Å². The summed E-state index contributed by atoms with van der Waals surface area (Å²) in [5.41, 5.74) is 1.23. The van der Waals surface area contributed by atoms with Crippen molar-refractivity contribution in [3.05, 3.63) is 35.9 Å². The zero-order valence-electron chi connectivity index (χ0n) is 10.6. The van der Waals surface area contributed by atoms with Crippen LogP contribution >= 0.6 is 0 Å². The number of carbonyl (C=O) groups is 2. The number of nitrogens with one attached hydrogen (secondary N) is 1. The number of rotatable bonds is 8. The van der Waals surface area contributed by atoms with Gasteiger partial charge in [-0.2, -0.15) is 0 Å². The van der Waals surface area contributed by atoms with Crippen LogP contribution in [0.15, 0.2) is 30.3 Å².